The van der Waals surface area contributed by atoms with E-state index in [9.17, 15) is 4.79 Å². The molecule has 0 saturated heterocycles. The molecule has 0 atom stereocenters. The second-order valence-corrected chi connectivity index (χ2v) is 6.32. The van der Waals surface area contributed by atoms with Gasteiger partial charge in [0.1, 0.15) is 5.69 Å². The number of nitrogens with zero attached hydrogens (tertiary/aromatic N) is 4. The molecule has 7 nitrogen and oxygen atoms in total. The molecular weight excluding hydrogens is 338 g/mol. The van der Waals surface area contributed by atoms with E-state index >= 15 is 0 Å². The second kappa shape index (κ2) is 6.06. The monoisotopic (exact) mass is 351 g/mol. The predicted octanol–water partition coefficient (Wildman–Crippen LogP) is 3.61. The Hall–Kier alpha value is -3.13. The summed E-state index contributed by atoms with van der Waals surface area (Å²) in [5.74, 6) is -0.274. The average Bonchev–Trinajstić information content (AvgIpc) is 3.22. The first-order valence-corrected chi connectivity index (χ1v) is 8.41. The van der Waals surface area contributed by atoms with Crippen LogP contribution in [0.3, 0.4) is 0 Å². The van der Waals surface area contributed by atoms with Gasteiger partial charge in [0.2, 0.25) is 0 Å². The zero-order valence-corrected chi connectivity index (χ0v) is 14.3. The number of fused-ring (bicyclic) bond motifs is 1. The maximum atomic E-state index is 12.7. The van der Waals surface area contributed by atoms with E-state index in [1.807, 2.05) is 23.6 Å². The molecule has 0 aliphatic rings. The van der Waals surface area contributed by atoms with E-state index in [4.69, 9.17) is 4.52 Å². The minimum absolute atomic E-state index is 0.274. The minimum Gasteiger partial charge on any atom is -0.336 e. The van der Waals surface area contributed by atoms with Crippen LogP contribution in [0.15, 0.2) is 40.4 Å². The first-order chi connectivity index (χ1) is 12.1. The van der Waals surface area contributed by atoms with Crippen molar-refractivity contribution >= 4 is 33.5 Å². The summed E-state index contributed by atoms with van der Waals surface area (Å²) in [5, 5.41) is 9.69. The highest BCUT2D eigenvalue weighted by Crippen LogP contribution is 2.26. The Morgan fingerprint density at radius 1 is 1.20 bits per heavy atom. The number of thiazole rings is 1. The van der Waals surface area contributed by atoms with E-state index in [2.05, 4.69) is 25.4 Å². The molecular formula is C17H13N5O2S. The van der Waals surface area contributed by atoms with Gasteiger partial charge in [-0.3, -0.25) is 15.1 Å². The fourth-order valence-electron chi connectivity index (χ4n) is 2.52. The van der Waals surface area contributed by atoms with Gasteiger partial charge in [-0.15, -0.1) is 11.3 Å². The smallest absolute Gasteiger partial charge is 0.258 e. The van der Waals surface area contributed by atoms with Gasteiger partial charge in [-0.2, -0.15) is 0 Å². The number of hydrogen-bond donors (Lipinski definition) is 1. The third kappa shape index (κ3) is 2.87. The molecule has 1 amide bonds. The quantitative estimate of drug-likeness (QED) is 0.606. The van der Waals surface area contributed by atoms with Crippen LogP contribution in [0.5, 0.6) is 0 Å². The van der Waals surface area contributed by atoms with Crippen molar-refractivity contribution < 1.29 is 9.32 Å². The largest absolute Gasteiger partial charge is 0.336 e. The SMILES string of the molecule is Cc1cc(C(=O)Nc2nc(-c3ccccn3)cs2)c2c(C)noc2n1. The number of anilines is 1. The second-order valence-electron chi connectivity index (χ2n) is 5.47. The molecule has 4 heterocycles. The molecule has 0 bridgehead atoms. The zero-order chi connectivity index (χ0) is 17.4. The first-order valence-electron chi connectivity index (χ1n) is 7.54. The standard InChI is InChI=1S/C17H13N5O2S/c1-9-7-11(14-10(2)22-24-16(14)19-9)15(23)21-17-20-13(8-25-17)12-5-3-4-6-18-12/h3-8H,1-2H3,(H,20,21,23). The summed E-state index contributed by atoms with van der Waals surface area (Å²) < 4.78 is 5.17. The van der Waals surface area contributed by atoms with Crippen LogP contribution in [0, 0.1) is 13.8 Å². The first kappa shape index (κ1) is 15.4. The van der Waals surface area contributed by atoms with Gasteiger partial charge < -0.3 is 4.52 Å². The van der Waals surface area contributed by atoms with Crippen molar-refractivity contribution in [2.45, 2.75) is 13.8 Å². The van der Waals surface area contributed by atoms with E-state index in [0.717, 1.165) is 11.4 Å². The molecule has 0 aliphatic heterocycles. The van der Waals surface area contributed by atoms with Crippen molar-refractivity contribution in [1.29, 1.82) is 0 Å². The van der Waals surface area contributed by atoms with E-state index in [0.29, 0.717) is 33.2 Å². The van der Waals surface area contributed by atoms with Gasteiger partial charge in [0.25, 0.3) is 11.6 Å². The van der Waals surface area contributed by atoms with Crippen LogP contribution in [-0.4, -0.2) is 26.0 Å². The number of carbonyl (C=O) groups excluding carboxylic acids is 1. The third-order valence-corrected chi connectivity index (χ3v) is 4.40. The molecule has 8 heteroatoms. The third-order valence-electron chi connectivity index (χ3n) is 3.64. The summed E-state index contributed by atoms with van der Waals surface area (Å²) in [4.78, 5) is 25.7. The van der Waals surface area contributed by atoms with Crippen LogP contribution in [0.2, 0.25) is 0 Å². The van der Waals surface area contributed by atoms with Gasteiger partial charge in [0.15, 0.2) is 5.13 Å². The number of rotatable bonds is 3. The van der Waals surface area contributed by atoms with Crippen molar-refractivity contribution in [3.8, 4) is 11.4 Å². The highest BCUT2D eigenvalue weighted by Gasteiger charge is 2.19. The topological polar surface area (TPSA) is 93.8 Å². The number of nitrogens with one attached hydrogen (secondary N) is 1. The van der Waals surface area contributed by atoms with Crippen LogP contribution < -0.4 is 5.32 Å². The van der Waals surface area contributed by atoms with Crippen molar-refractivity contribution in [2.24, 2.45) is 0 Å². The van der Waals surface area contributed by atoms with Gasteiger partial charge in [-0.25, -0.2) is 9.97 Å². The van der Waals surface area contributed by atoms with Crippen molar-refractivity contribution in [1.82, 2.24) is 20.1 Å². The van der Waals surface area contributed by atoms with E-state index < -0.39 is 0 Å². The Balaban J connectivity index is 1.65. The average molecular weight is 351 g/mol. The summed E-state index contributed by atoms with van der Waals surface area (Å²) >= 11 is 1.35. The lowest BCUT2D eigenvalue weighted by Crippen LogP contribution is -2.13. The van der Waals surface area contributed by atoms with E-state index in [1.54, 1.807) is 26.1 Å². The Kier molecular flexibility index (Phi) is 3.73. The van der Waals surface area contributed by atoms with E-state index in [1.165, 1.54) is 11.3 Å². The Bertz CT molecular complexity index is 1070. The van der Waals surface area contributed by atoms with Crippen LogP contribution in [0.1, 0.15) is 21.7 Å². The van der Waals surface area contributed by atoms with Crippen molar-refractivity contribution in [2.75, 3.05) is 5.32 Å². The Morgan fingerprint density at radius 3 is 2.88 bits per heavy atom. The molecule has 4 aromatic heterocycles. The van der Waals surface area contributed by atoms with Crippen LogP contribution in [-0.2, 0) is 0 Å². The molecule has 1 N–H and O–H groups in total. The fourth-order valence-corrected chi connectivity index (χ4v) is 3.22. The van der Waals surface area contributed by atoms with Gasteiger partial charge >= 0.3 is 0 Å². The lowest BCUT2D eigenvalue weighted by atomic mass is 10.1. The molecule has 4 rings (SSSR count). The molecule has 25 heavy (non-hydrogen) atoms. The normalized spacial score (nSPS) is 11.0. The summed E-state index contributed by atoms with van der Waals surface area (Å²) in [6, 6.07) is 7.33. The van der Waals surface area contributed by atoms with Crippen LogP contribution in [0.4, 0.5) is 5.13 Å². The maximum Gasteiger partial charge on any atom is 0.258 e. The number of amides is 1. The lowest BCUT2D eigenvalue weighted by Gasteiger charge is -2.04. The summed E-state index contributed by atoms with van der Waals surface area (Å²) in [6.07, 6.45) is 1.71. The number of aromatic nitrogens is 4. The van der Waals surface area contributed by atoms with E-state index in [-0.39, 0.29) is 5.91 Å². The van der Waals surface area contributed by atoms with Gasteiger partial charge in [-0.05, 0) is 32.0 Å². The number of aryl methyl sites for hydroxylation is 2. The Labute approximate surface area is 146 Å². The van der Waals surface area contributed by atoms with Gasteiger partial charge in [0.05, 0.1) is 22.3 Å². The van der Waals surface area contributed by atoms with Crippen molar-refractivity contribution in [3.05, 3.63) is 52.8 Å². The molecule has 124 valence electrons. The van der Waals surface area contributed by atoms with Crippen LogP contribution in [0.25, 0.3) is 22.5 Å². The summed E-state index contributed by atoms with van der Waals surface area (Å²) in [7, 11) is 0. The van der Waals surface area contributed by atoms with Gasteiger partial charge in [0, 0.05) is 17.3 Å². The zero-order valence-electron chi connectivity index (χ0n) is 13.5. The molecule has 4 aromatic rings. The van der Waals surface area contributed by atoms with Crippen molar-refractivity contribution in [3.63, 3.8) is 0 Å². The summed E-state index contributed by atoms with van der Waals surface area (Å²) in [5.41, 5.74) is 3.62. The lowest BCUT2D eigenvalue weighted by molar-refractivity contribution is 0.102. The minimum atomic E-state index is -0.274. The maximum absolute atomic E-state index is 12.7. The highest BCUT2D eigenvalue weighted by atomic mass is 32.1. The van der Waals surface area contributed by atoms with Gasteiger partial charge in [-0.1, -0.05) is 11.2 Å². The Morgan fingerprint density at radius 2 is 2.08 bits per heavy atom. The summed E-state index contributed by atoms with van der Waals surface area (Å²) in [6.45, 7) is 3.58. The number of pyridine rings is 2. The molecule has 0 radical (unpaired) electrons. The fraction of sp³-hybridized carbons (Fsp3) is 0.118. The number of hydrogen-bond acceptors (Lipinski definition) is 7. The molecule has 0 unspecified atom stereocenters. The molecule has 0 saturated carbocycles. The highest BCUT2D eigenvalue weighted by molar-refractivity contribution is 7.14. The molecule has 0 aromatic carbocycles. The molecule has 0 aliphatic carbocycles. The number of carbonyl (C=O) groups is 1. The molecule has 0 spiro atoms. The van der Waals surface area contributed by atoms with Crippen LogP contribution >= 0.6 is 11.3 Å². The molecule has 0 fully saturated rings. The predicted molar refractivity (Wildman–Crippen MR) is 94.6 cm³/mol.